The zero-order chi connectivity index (χ0) is 15.6. The Balaban J connectivity index is 2.03. The van der Waals surface area contributed by atoms with Gasteiger partial charge in [0.05, 0.1) is 19.0 Å². The molecule has 0 saturated carbocycles. The standard InChI is InChI=1S/C19H22O2S/c1-2-21-14-13-18(22-17-11-7-4-8-12-17)15-19(20)16-9-5-3-6-10-16/h3-14,18-20H,2,15H2,1H3/b14-13+. The van der Waals surface area contributed by atoms with Crippen LogP contribution in [-0.4, -0.2) is 17.0 Å². The number of aliphatic hydroxyl groups excluding tert-OH is 1. The summed E-state index contributed by atoms with van der Waals surface area (Å²) >= 11 is 1.74. The van der Waals surface area contributed by atoms with Gasteiger partial charge in [0.2, 0.25) is 0 Å². The number of hydrogen-bond acceptors (Lipinski definition) is 3. The van der Waals surface area contributed by atoms with E-state index in [4.69, 9.17) is 4.74 Å². The molecule has 22 heavy (non-hydrogen) atoms. The van der Waals surface area contributed by atoms with E-state index < -0.39 is 6.10 Å². The number of thioether (sulfide) groups is 1. The molecule has 0 aliphatic heterocycles. The second-order valence-corrected chi connectivity index (χ2v) is 6.23. The lowest BCUT2D eigenvalue weighted by atomic mass is 10.1. The molecular formula is C19H22O2S. The van der Waals surface area contributed by atoms with Crippen molar-refractivity contribution in [2.45, 2.75) is 29.6 Å². The normalized spacial score (nSPS) is 13.9. The second kappa shape index (κ2) is 9.34. The largest absolute Gasteiger partial charge is 0.502 e. The van der Waals surface area contributed by atoms with Gasteiger partial charge >= 0.3 is 0 Å². The van der Waals surface area contributed by atoms with Crippen molar-refractivity contribution in [2.75, 3.05) is 6.61 Å². The average molecular weight is 314 g/mol. The molecule has 2 rings (SSSR count). The van der Waals surface area contributed by atoms with Gasteiger partial charge in [-0.25, -0.2) is 0 Å². The summed E-state index contributed by atoms with van der Waals surface area (Å²) in [5.74, 6) is 0. The molecular weight excluding hydrogens is 292 g/mol. The minimum atomic E-state index is -0.478. The maximum absolute atomic E-state index is 10.4. The van der Waals surface area contributed by atoms with E-state index in [2.05, 4.69) is 12.1 Å². The van der Waals surface area contributed by atoms with E-state index in [1.807, 2.05) is 61.5 Å². The van der Waals surface area contributed by atoms with E-state index in [9.17, 15) is 5.11 Å². The van der Waals surface area contributed by atoms with Crippen molar-refractivity contribution in [2.24, 2.45) is 0 Å². The van der Waals surface area contributed by atoms with Crippen molar-refractivity contribution in [1.29, 1.82) is 0 Å². The van der Waals surface area contributed by atoms with Gasteiger partial charge in [-0.15, -0.1) is 11.8 Å². The van der Waals surface area contributed by atoms with Crippen LogP contribution in [0.1, 0.15) is 25.0 Å². The first-order valence-corrected chi connectivity index (χ1v) is 8.40. The van der Waals surface area contributed by atoms with Gasteiger partial charge in [0.1, 0.15) is 0 Å². The third kappa shape index (κ3) is 5.58. The number of hydrogen-bond donors (Lipinski definition) is 1. The highest BCUT2D eigenvalue weighted by Crippen LogP contribution is 2.31. The Kier molecular flexibility index (Phi) is 7.07. The fraction of sp³-hybridized carbons (Fsp3) is 0.263. The minimum absolute atomic E-state index is 0.157. The van der Waals surface area contributed by atoms with Crippen LogP contribution in [0.15, 0.2) is 77.9 Å². The first kappa shape index (κ1) is 16.7. The summed E-state index contributed by atoms with van der Waals surface area (Å²) in [6, 6.07) is 20.0. The Morgan fingerprint density at radius 1 is 1.05 bits per heavy atom. The van der Waals surface area contributed by atoms with Crippen LogP contribution < -0.4 is 0 Å². The van der Waals surface area contributed by atoms with Gasteiger partial charge < -0.3 is 9.84 Å². The topological polar surface area (TPSA) is 29.5 Å². The monoisotopic (exact) mass is 314 g/mol. The molecule has 2 unspecified atom stereocenters. The summed E-state index contributed by atoms with van der Waals surface area (Å²) in [6.45, 7) is 2.61. The van der Waals surface area contributed by atoms with Crippen LogP contribution in [0, 0.1) is 0 Å². The molecule has 116 valence electrons. The molecule has 0 bridgehead atoms. The Hall–Kier alpha value is -1.71. The maximum Gasteiger partial charge on any atom is 0.0845 e. The zero-order valence-corrected chi connectivity index (χ0v) is 13.6. The SMILES string of the molecule is CCO/C=C/C(CC(O)c1ccccc1)Sc1ccccc1. The van der Waals surface area contributed by atoms with Crippen molar-refractivity contribution in [3.63, 3.8) is 0 Å². The molecule has 1 N–H and O–H groups in total. The number of aliphatic hydroxyl groups is 1. The molecule has 0 heterocycles. The summed E-state index contributed by atoms with van der Waals surface area (Å²) in [5.41, 5.74) is 0.950. The number of benzene rings is 2. The molecule has 0 saturated heterocycles. The van der Waals surface area contributed by atoms with Crippen LogP contribution in [0.5, 0.6) is 0 Å². The molecule has 2 aromatic carbocycles. The molecule has 2 atom stereocenters. The Labute approximate surface area is 136 Å². The van der Waals surface area contributed by atoms with Crippen LogP contribution >= 0.6 is 11.8 Å². The van der Waals surface area contributed by atoms with Crippen molar-refractivity contribution in [1.82, 2.24) is 0 Å². The van der Waals surface area contributed by atoms with Gasteiger partial charge in [0, 0.05) is 10.1 Å². The molecule has 3 heteroatoms. The Morgan fingerprint density at radius 2 is 1.68 bits per heavy atom. The van der Waals surface area contributed by atoms with Crippen LogP contribution in [0.25, 0.3) is 0 Å². The fourth-order valence-corrected chi connectivity index (χ4v) is 3.20. The van der Waals surface area contributed by atoms with E-state index >= 15 is 0 Å². The average Bonchev–Trinajstić information content (AvgIpc) is 2.56. The number of ether oxygens (including phenoxy) is 1. The van der Waals surface area contributed by atoms with Crippen molar-refractivity contribution < 1.29 is 9.84 Å². The summed E-state index contributed by atoms with van der Waals surface area (Å²) < 4.78 is 5.31. The Bertz CT molecular complexity index is 554. The quantitative estimate of drug-likeness (QED) is 0.559. The van der Waals surface area contributed by atoms with Crippen LogP contribution in [0.4, 0.5) is 0 Å². The van der Waals surface area contributed by atoms with Gasteiger partial charge in [-0.2, -0.15) is 0 Å². The lowest BCUT2D eigenvalue weighted by Crippen LogP contribution is -2.07. The predicted octanol–water partition coefficient (Wildman–Crippen LogP) is 4.82. The lowest BCUT2D eigenvalue weighted by molar-refractivity contribution is 0.170. The van der Waals surface area contributed by atoms with E-state index in [-0.39, 0.29) is 5.25 Å². The highest BCUT2D eigenvalue weighted by atomic mass is 32.2. The molecule has 0 aromatic heterocycles. The molecule has 0 aliphatic rings. The van der Waals surface area contributed by atoms with Gasteiger partial charge in [-0.1, -0.05) is 48.5 Å². The van der Waals surface area contributed by atoms with Gasteiger partial charge in [-0.05, 0) is 37.1 Å². The molecule has 0 fully saturated rings. The predicted molar refractivity (Wildman–Crippen MR) is 92.9 cm³/mol. The van der Waals surface area contributed by atoms with Crippen LogP contribution in [0.2, 0.25) is 0 Å². The van der Waals surface area contributed by atoms with Crippen molar-refractivity contribution in [3.05, 3.63) is 78.6 Å². The van der Waals surface area contributed by atoms with E-state index in [0.717, 1.165) is 5.56 Å². The third-order valence-corrected chi connectivity index (χ3v) is 4.42. The first-order valence-electron chi connectivity index (χ1n) is 7.52. The highest BCUT2D eigenvalue weighted by molar-refractivity contribution is 8.00. The maximum atomic E-state index is 10.4. The van der Waals surface area contributed by atoms with Gasteiger partial charge in [-0.3, -0.25) is 0 Å². The summed E-state index contributed by atoms with van der Waals surface area (Å²) in [7, 11) is 0. The van der Waals surface area contributed by atoms with E-state index in [0.29, 0.717) is 13.0 Å². The fourth-order valence-electron chi connectivity index (χ4n) is 2.11. The Morgan fingerprint density at radius 3 is 2.32 bits per heavy atom. The second-order valence-electron chi connectivity index (χ2n) is 4.92. The summed E-state index contributed by atoms with van der Waals surface area (Å²) in [4.78, 5) is 1.19. The highest BCUT2D eigenvalue weighted by Gasteiger charge is 2.15. The zero-order valence-electron chi connectivity index (χ0n) is 12.8. The van der Waals surface area contributed by atoms with E-state index in [1.165, 1.54) is 4.90 Å². The summed E-state index contributed by atoms with van der Waals surface area (Å²) in [5, 5.41) is 10.6. The van der Waals surface area contributed by atoms with Crippen LogP contribution in [0.3, 0.4) is 0 Å². The molecule has 0 spiro atoms. The molecule has 2 nitrogen and oxygen atoms in total. The molecule has 0 amide bonds. The smallest absolute Gasteiger partial charge is 0.0845 e. The summed E-state index contributed by atoms with van der Waals surface area (Å²) in [6.07, 6.45) is 3.92. The molecule has 2 aromatic rings. The minimum Gasteiger partial charge on any atom is -0.502 e. The van der Waals surface area contributed by atoms with Crippen LogP contribution in [-0.2, 0) is 4.74 Å². The third-order valence-electron chi connectivity index (χ3n) is 3.23. The van der Waals surface area contributed by atoms with E-state index in [1.54, 1.807) is 18.0 Å². The lowest BCUT2D eigenvalue weighted by Gasteiger charge is -2.17. The number of rotatable bonds is 8. The van der Waals surface area contributed by atoms with Crippen molar-refractivity contribution in [3.8, 4) is 0 Å². The first-order chi connectivity index (χ1) is 10.8. The van der Waals surface area contributed by atoms with Crippen molar-refractivity contribution >= 4 is 11.8 Å². The van der Waals surface area contributed by atoms with Gasteiger partial charge in [0.15, 0.2) is 0 Å². The molecule has 0 radical (unpaired) electrons. The van der Waals surface area contributed by atoms with Gasteiger partial charge in [0.25, 0.3) is 0 Å². The molecule has 0 aliphatic carbocycles.